The minimum atomic E-state index is -0.447. The van der Waals surface area contributed by atoms with Gasteiger partial charge in [-0.2, -0.15) is 0 Å². The molecule has 1 radical (unpaired) electrons. The molecule has 1 atom stereocenters. The lowest BCUT2D eigenvalue weighted by atomic mass is 10.1. The van der Waals surface area contributed by atoms with Crippen molar-refractivity contribution in [2.45, 2.75) is 39.2 Å². The minimum Gasteiger partial charge on any atom is -0.370 e. The van der Waals surface area contributed by atoms with Crippen LogP contribution >= 0.6 is 0 Å². The van der Waals surface area contributed by atoms with E-state index in [-0.39, 0.29) is 0 Å². The van der Waals surface area contributed by atoms with Gasteiger partial charge in [0.05, 0.1) is 6.04 Å². The van der Waals surface area contributed by atoms with Crippen molar-refractivity contribution in [2.24, 2.45) is 16.5 Å². The van der Waals surface area contributed by atoms with Gasteiger partial charge in [0.15, 0.2) is 5.96 Å². The van der Waals surface area contributed by atoms with Gasteiger partial charge in [-0.15, -0.1) is 0 Å². The molecule has 0 bridgehead atoms. The van der Waals surface area contributed by atoms with Crippen molar-refractivity contribution in [3.63, 3.8) is 0 Å². The second kappa shape index (κ2) is 9.15. The van der Waals surface area contributed by atoms with Crippen molar-refractivity contribution < 1.29 is 4.79 Å². The lowest BCUT2D eigenvalue weighted by Gasteiger charge is -2.21. The largest absolute Gasteiger partial charge is 0.370 e. The summed E-state index contributed by atoms with van der Waals surface area (Å²) in [7, 11) is 0. The van der Waals surface area contributed by atoms with Crippen LogP contribution in [0.2, 0.25) is 0 Å². The molecule has 0 aromatic heterocycles. The Bertz CT molecular complexity index is 218. The molecular weight excluding hydrogens is 204 g/mol. The quantitative estimate of drug-likeness (QED) is 0.353. The van der Waals surface area contributed by atoms with Crippen molar-refractivity contribution in [2.75, 3.05) is 19.6 Å². The van der Waals surface area contributed by atoms with Crippen LogP contribution < -0.4 is 11.5 Å². The third-order valence-corrected chi connectivity index (χ3v) is 2.37. The highest BCUT2D eigenvalue weighted by molar-refractivity contribution is 5.77. The van der Waals surface area contributed by atoms with Crippen LogP contribution in [0.5, 0.6) is 0 Å². The van der Waals surface area contributed by atoms with Crippen LogP contribution in [0.4, 0.5) is 0 Å². The normalized spacial score (nSPS) is 13.6. The van der Waals surface area contributed by atoms with Gasteiger partial charge in [-0.05, 0) is 33.1 Å². The molecule has 0 aliphatic carbocycles. The van der Waals surface area contributed by atoms with E-state index in [4.69, 9.17) is 11.5 Å². The Morgan fingerprint density at radius 3 is 2.62 bits per heavy atom. The van der Waals surface area contributed by atoms with Gasteiger partial charge in [-0.1, -0.05) is 0 Å². The van der Waals surface area contributed by atoms with Gasteiger partial charge >= 0.3 is 0 Å². The van der Waals surface area contributed by atoms with Crippen LogP contribution in [0.15, 0.2) is 4.99 Å². The van der Waals surface area contributed by atoms with E-state index in [1.54, 1.807) is 6.29 Å². The first-order valence-corrected chi connectivity index (χ1v) is 5.83. The third kappa shape index (κ3) is 6.40. The Morgan fingerprint density at radius 1 is 1.44 bits per heavy atom. The molecule has 93 valence electrons. The molecule has 0 saturated carbocycles. The number of hydrogen-bond donors (Lipinski definition) is 2. The summed E-state index contributed by atoms with van der Waals surface area (Å²) in [5.41, 5.74) is 11.2. The molecule has 16 heavy (non-hydrogen) atoms. The fourth-order valence-corrected chi connectivity index (χ4v) is 1.42. The van der Waals surface area contributed by atoms with Gasteiger partial charge in [0, 0.05) is 19.6 Å². The monoisotopic (exact) mass is 227 g/mol. The summed E-state index contributed by atoms with van der Waals surface area (Å²) < 4.78 is 0. The van der Waals surface area contributed by atoms with E-state index >= 15 is 0 Å². The Morgan fingerprint density at radius 2 is 2.12 bits per heavy atom. The number of rotatable bonds is 8. The lowest BCUT2D eigenvalue weighted by Crippen LogP contribution is -2.38. The second-order valence-electron chi connectivity index (χ2n) is 3.63. The maximum atomic E-state index is 10.2. The number of aliphatic imine (C=N–C) groups is 1. The SMILES string of the molecule is CCN=C(N)N(CC)CCCC[C@H](N)[C]=O. The summed E-state index contributed by atoms with van der Waals surface area (Å²) in [6.07, 6.45) is 4.33. The van der Waals surface area contributed by atoms with Gasteiger partial charge in [-0.25, -0.2) is 0 Å². The number of nitrogens with zero attached hydrogens (tertiary/aromatic N) is 2. The van der Waals surface area contributed by atoms with Crippen LogP contribution in [0.25, 0.3) is 0 Å². The zero-order chi connectivity index (χ0) is 12.4. The van der Waals surface area contributed by atoms with Crippen LogP contribution in [0.3, 0.4) is 0 Å². The van der Waals surface area contributed by atoms with Gasteiger partial charge in [-0.3, -0.25) is 9.79 Å². The standard InChI is InChI=1S/C11H23N4O/c1-3-14-11(13)15(4-2)8-6-5-7-10(12)9-16/h10H,3-8,12H2,1-2H3,(H2,13,14)/t10-/m0/s1. The summed E-state index contributed by atoms with van der Waals surface area (Å²) in [6, 6.07) is -0.447. The molecule has 0 aliphatic rings. The summed E-state index contributed by atoms with van der Waals surface area (Å²) >= 11 is 0. The molecule has 0 aromatic carbocycles. The average Bonchev–Trinajstić information content (AvgIpc) is 2.29. The Hall–Kier alpha value is -1.10. The Kier molecular flexibility index (Phi) is 8.52. The van der Waals surface area contributed by atoms with Gasteiger partial charge in [0.2, 0.25) is 6.29 Å². The van der Waals surface area contributed by atoms with E-state index in [0.717, 1.165) is 25.9 Å². The molecule has 0 amide bonds. The lowest BCUT2D eigenvalue weighted by molar-refractivity contribution is 0.412. The van der Waals surface area contributed by atoms with E-state index in [1.807, 2.05) is 18.7 Å². The number of carbonyl (C=O) groups excluding carboxylic acids is 1. The molecule has 0 spiro atoms. The first-order chi connectivity index (χ1) is 7.65. The molecule has 0 fully saturated rings. The molecule has 0 saturated heterocycles. The molecule has 5 heteroatoms. The van der Waals surface area contributed by atoms with E-state index in [0.29, 0.717) is 18.9 Å². The van der Waals surface area contributed by atoms with Gasteiger partial charge < -0.3 is 16.4 Å². The summed E-state index contributed by atoms with van der Waals surface area (Å²) in [6.45, 7) is 6.41. The molecule has 5 nitrogen and oxygen atoms in total. The van der Waals surface area contributed by atoms with Crippen LogP contribution in [0.1, 0.15) is 33.1 Å². The summed E-state index contributed by atoms with van der Waals surface area (Å²) in [5, 5.41) is 0. The molecular formula is C11H23N4O. The number of guanidine groups is 1. The fraction of sp³-hybridized carbons (Fsp3) is 0.818. The topological polar surface area (TPSA) is 84.7 Å². The zero-order valence-corrected chi connectivity index (χ0v) is 10.3. The van der Waals surface area contributed by atoms with Crippen LogP contribution in [0, 0.1) is 0 Å². The van der Waals surface area contributed by atoms with E-state index in [9.17, 15) is 4.79 Å². The summed E-state index contributed by atoms with van der Waals surface area (Å²) in [5.74, 6) is 0.594. The second-order valence-corrected chi connectivity index (χ2v) is 3.63. The number of hydrogen-bond acceptors (Lipinski definition) is 3. The third-order valence-electron chi connectivity index (χ3n) is 2.37. The van der Waals surface area contributed by atoms with E-state index in [2.05, 4.69) is 4.99 Å². The van der Waals surface area contributed by atoms with Crippen molar-refractivity contribution in [3.05, 3.63) is 0 Å². The molecule has 0 heterocycles. The molecule has 4 N–H and O–H groups in total. The van der Waals surface area contributed by atoms with Crippen molar-refractivity contribution >= 4 is 12.2 Å². The van der Waals surface area contributed by atoms with E-state index in [1.165, 1.54) is 0 Å². The van der Waals surface area contributed by atoms with Gasteiger partial charge in [0.1, 0.15) is 0 Å². The average molecular weight is 227 g/mol. The van der Waals surface area contributed by atoms with Crippen LogP contribution in [-0.4, -0.2) is 42.8 Å². The van der Waals surface area contributed by atoms with Crippen molar-refractivity contribution in [1.29, 1.82) is 0 Å². The molecule has 0 unspecified atom stereocenters. The van der Waals surface area contributed by atoms with Crippen LogP contribution in [-0.2, 0) is 4.79 Å². The predicted octanol–water partition coefficient (Wildman–Crippen LogP) is 0.250. The number of unbranched alkanes of at least 4 members (excludes halogenated alkanes) is 1. The maximum absolute atomic E-state index is 10.2. The minimum absolute atomic E-state index is 0.447. The fourth-order valence-electron chi connectivity index (χ4n) is 1.42. The first-order valence-electron chi connectivity index (χ1n) is 5.83. The highest BCUT2D eigenvalue weighted by Crippen LogP contribution is 2.00. The molecule has 0 rings (SSSR count). The van der Waals surface area contributed by atoms with Crippen molar-refractivity contribution in [3.8, 4) is 0 Å². The Balaban J connectivity index is 3.79. The smallest absolute Gasteiger partial charge is 0.216 e. The molecule has 0 aliphatic heterocycles. The highest BCUT2D eigenvalue weighted by atomic mass is 16.1. The molecule has 0 aromatic rings. The zero-order valence-electron chi connectivity index (χ0n) is 10.3. The predicted molar refractivity (Wildman–Crippen MR) is 66.9 cm³/mol. The van der Waals surface area contributed by atoms with E-state index < -0.39 is 6.04 Å². The van der Waals surface area contributed by atoms with Crippen molar-refractivity contribution in [1.82, 2.24) is 4.90 Å². The van der Waals surface area contributed by atoms with Gasteiger partial charge in [0.25, 0.3) is 0 Å². The maximum Gasteiger partial charge on any atom is 0.216 e. The Labute approximate surface area is 97.9 Å². The highest BCUT2D eigenvalue weighted by Gasteiger charge is 2.05. The number of nitrogens with two attached hydrogens (primary N) is 2. The summed E-state index contributed by atoms with van der Waals surface area (Å²) in [4.78, 5) is 16.4. The first kappa shape index (κ1) is 14.9.